The number of aromatic amines is 1. The summed E-state index contributed by atoms with van der Waals surface area (Å²) in [5, 5.41) is 4.39. The molecule has 0 saturated carbocycles. The molecule has 2 N–H and O–H groups in total. The lowest BCUT2D eigenvalue weighted by molar-refractivity contribution is -0.129. The summed E-state index contributed by atoms with van der Waals surface area (Å²) in [6.07, 6.45) is 4.83. The van der Waals surface area contributed by atoms with Crippen LogP contribution in [0.4, 0.5) is 5.69 Å². The van der Waals surface area contributed by atoms with Gasteiger partial charge in [-0.3, -0.25) is 9.59 Å². The van der Waals surface area contributed by atoms with Gasteiger partial charge in [-0.1, -0.05) is 7.43 Å². The van der Waals surface area contributed by atoms with Gasteiger partial charge in [-0.15, -0.1) is 0 Å². The normalized spacial score (nSPS) is 20.2. The lowest BCUT2D eigenvalue weighted by Crippen LogP contribution is -2.44. The Bertz CT molecular complexity index is 1180. The molecule has 9 nitrogen and oxygen atoms in total. The number of rotatable bonds is 6. The molecule has 2 aliphatic rings. The van der Waals surface area contributed by atoms with Gasteiger partial charge >= 0.3 is 0 Å². The van der Waals surface area contributed by atoms with Crippen molar-refractivity contribution in [1.82, 2.24) is 19.2 Å². The molecule has 1 amide bonds. The van der Waals surface area contributed by atoms with Gasteiger partial charge in [-0.25, -0.2) is 17.7 Å². The molecule has 34 heavy (non-hydrogen) atoms. The van der Waals surface area contributed by atoms with E-state index in [2.05, 4.69) is 15.3 Å². The predicted molar refractivity (Wildman–Crippen MR) is 139 cm³/mol. The maximum absolute atomic E-state index is 12.6. The number of aromatic nitrogens is 2. The Morgan fingerprint density at radius 3 is 2.65 bits per heavy atom. The Balaban J connectivity index is 0.00000324. The van der Waals surface area contributed by atoms with Gasteiger partial charge in [-0.05, 0) is 43.9 Å². The Morgan fingerprint density at radius 1 is 1.24 bits per heavy atom. The predicted octanol–water partition coefficient (Wildman–Crippen LogP) is 2.64. The van der Waals surface area contributed by atoms with E-state index in [4.69, 9.17) is 0 Å². The number of thioether (sulfide) groups is 1. The molecule has 2 saturated heterocycles. The lowest BCUT2D eigenvalue weighted by atomic mass is 10.1. The summed E-state index contributed by atoms with van der Waals surface area (Å²) in [7, 11) is -3.21. The highest BCUT2D eigenvalue weighted by Crippen LogP contribution is 2.26. The number of fused-ring (bicyclic) bond motifs is 1. The van der Waals surface area contributed by atoms with Crippen LogP contribution in [-0.2, 0) is 20.6 Å². The molecular weight excluding hydrogens is 474 g/mol. The van der Waals surface area contributed by atoms with Gasteiger partial charge in [0.1, 0.15) is 5.82 Å². The standard InChI is InChI=1S/C22H31N5O4S2.CH4/c1-15(28)26-10-7-18(8-11-26)32-14-21-24-20-12-16(5-6-19(20)22(29)25-21)23-17-4-3-9-27(13-17)33(2,30)31;/h5-6,12,17-18,23H,3-4,7-11,13-14H2,1-2H3,(H,24,25,29);1H4/t17-;/m1./s1. The van der Waals surface area contributed by atoms with Crippen LogP contribution in [0.5, 0.6) is 0 Å². The minimum atomic E-state index is -3.21. The number of nitrogens with zero attached hydrogens (tertiary/aromatic N) is 3. The Morgan fingerprint density at radius 2 is 1.97 bits per heavy atom. The van der Waals surface area contributed by atoms with Crippen molar-refractivity contribution in [2.45, 2.75) is 57.1 Å². The largest absolute Gasteiger partial charge is 0.381 e. The summed E-state index contributed by atoms with van der Waals surface area (Å²) < 4.78 is 25.3. The lowest BCUT2D eigenvalue weighted by Gasteiger charge is -2.32. The van der Waals surface area contributed by atoms with E-state index in [1.54, 1.807) is 24.8 Å². The molecule has 1 aromatic heterocycles. The van der Waals surface area contributed by atoms with Crippen LogP contribution in [0.3, 0.4) is 0 Å². The monoisotopic (exact) mass is 509 g/mol. The molecule has 1 atom stereocenters. The van der Waals surface area contributed by atoms with E-state index in [1.807, 2.05) is 17.0 Å². The van der Waals surface area contributed by atoms with Crippen molar-refractivity contribution in [1.29, 1.82) is 0 Å². The van der Waals surface area contributed by atoms with Crippen LogP contribution in [0.15, 0.2) is 23.0 Å². The molecule has 0 bridgehead atoms. The first kappa shape index (κ1) is 26.5. The molecule has 11 heteroatoms. The van der Waals surface area contributed by atoms with E-state index >= 15 is 0 Å². The topological polar surface area (TPSA) is 115 Å². The third-order valence-corrected chi connectivity index (χ3v) is 8.98. The van der Waals surface area contributed by atoms with Crippen molar-refractivity contribution >= 4 is 44.3 Å². The first-order valence-corrected chi connectivity index (χ1v) is 14.2. The fraction of sp³-hybridized carbons (Fsp3) is 0.609. The number of hydrogen-bond donors (Lipinski definition) is 2. The fourth-order valence-corrected chi connectivity index (χ4v) is 6.46. The second-order valence-corrected chi connectivity index (χ2v) is 12.1. The fourth-order valence-electron chi connectivity index (χ4n) is 4.48. The number of likely N-dealkylation sites (tertiary alicyclic amines) is 1. The summed E-state index contributed by atoms with van der Waals surface area (Å²) in [5.41, 5.74) is 1.30. The summed E-state index contributed by atoms with van der Waals surface area (Å²) in [4.78, 5) is 33.5. The molecule has 188 valence electrons. The number of amides is 1. The molecule has 0 aliphatic carbocycles. The quantitative estimate of drug-likeness (QED) is 0.615. The number of carbonyl (C=O) groups is 1. The van der Waals surface area contributed by atoms with Crippen LogP contribution < -0.4 is 10.9 Å². The van der Waals surface area contributed by atoms with Gasteiger partial charge in [0.05, 0.1) is 22.9 Å². The first-order valence-electron chi connectivity index (χ1n) is 11.3. The molecule has 4 rings (SSSR count). The summed E-state index contributed by atoms with van der Waals surface area (Å²) in [6, 6.07) is 5.48. The van der Waals surface area contributed by atoms with Gasteiger partial charge in [-0.2, -0.15) is 11.8 Å². The average molecular weight is 510 g/mol. The highest BCUT2D eigenvalue weighted by atomic mass is 32.2. The minimum absolute atomic E-state index is 0. The zero-order valence-electron chi connectivity index (χ0n) is 19.0. The van der Waals surface area contributed by atoms with E-state index < -0.39 is 10.0 Å². The van der Waals surface area contributed by atoms with Crippen molar-refractivity contribution in [3.05, 3.63) is 34.4 Å². The summed E-state index contributed by atoms with van der Waals surface area (Å²) >= 11 is 1.77. The molecule has 1 aromatic carbocycles. The van der Waals surface area contributed by atoms with Crippen LogP contribution in [0.25, 0.3) is 10.9 Å². The summed E-state index contributed by atoms with van der Waals surface area (Å²) in [6.45, 7) is 4.16. The van der Waals surface area contributed by atoms with E-state index in [0.717, 1.165) is 44.5 Å². The molecule has 3 heterocycles. The number of anilines is 1. The van der Waals surface area contributed by atoms with Crippen LogP contribution in [0.2, 0.25) is 0 Å². The Hall–Kier alpha value is -2.11. The third-order valence-electron chi connectivity index (χ3n) is 6.32. The second-order valence-electron chi connectivity index (χ2n) is 8.87. The van der Waals surface area contributed by atoms with Crippen LogP contribution in [0.1, 0.15) is 45.9 Å². The highest BCUT2D eigenvalue weighted by Gasteiger charge is 2.26. The van der Waals surface area contributed by atoms with Gasteiger partial charge in [0.15, 0.2) is 0 Å². The van der Waals surface area contributed by atoms with Gasteiger partial charge in [0.25, 0.3) is 5.56 Å². The molecule has 0 spiro atoms. The molecular formula is C23H35N5O4S2. The van der Waals surface area contributed by atoms with Crippen molar-refractivity contribution < 1.29 is 13.2 Å². The Kier molecular flexibility index (Phi) is 8.64. The first-order chi connectivity index (χ1) is 15.7. The number of piperidine rings is 2. The van der Waals surface area contributed by atoms with Crippen LogP contribution in [0, 0.1) is 0 Å². The molecule has 2 fully saturated rings. The van der Waals surface area contributed by atoms with Gasteiger partial charge in [0, 0.05) is 50.1 Å². The molecule has 0 unspecified atom stereocenters. The maximum Gasteiger partial charge on any atom is 0.258 e. The second kappa shape index (κ2) is 11.1. The molecule has 2 aliphatic heterocycles. The number of carbonyl (C=O) groups excluding carboxylic acids is 1. The van der Waals surface area contributed by atoms with Crippen molar-refractivity contribution in [3.8, 4) is 0 Å². The minimum Gasteiger partial charge on any atom is -0.381 e. The van der Waals surface area contributed by atoms with E-state index in [1.165, 1.54) is 10.6 Å². The molecule has 2 aromatic rings. The maximum atomic E-state index is 12.6. The molecule has 0 radical (unpaired) electrons. The smallest absolute Gasteiger partial charge is 0.258 e. The van der Waals surface area contributed by atoms with Crippen LogP contribution in [-0.4, -0.2) is 77.2 Å². The number of benzene rings is 1. The summed E-state index contributed by atoms with van der Waals surface area (Å²) in [5.74, 6) is 1.38. The number of H-pyrrole nitrogens is 1. The zero-order chi connectivity index (χ0) is 23.6. The van der Waals surface area contributed by atoms with Crippen LogP contribution >= 0.6 is 11.8 Å². The third kappa shape index (κ3) is 6.51. The number of nitrogens with one attached hydrogen (secondary N) is 2. The number of hydrogen-bond acceptors (Lipinski definition) is 7. The highest BCUT2D eigenvalue weighted by molar-refractivity contribution is 7.99. The van der Waals surface area contributed by atoms with E-state index in [9.17, 15) is 18.0 Å². The zero-order valence-corrected chi connectivity index (χ0v) is 20.7. The van der Waals surface area contributed by atoms with E-state index in [-0.39, 0.29) is 24.9 Å². The van der Waals surface area contributed by atoms with Gasteiger partial charge < -0.3 is 15.2 Å². The van der Waals surface area contributed by atoms with E-state index in [0.29, 0.717) is 40.8 Å². The SMILES string of the molecule is C.CC(=O)N1CCC(SCc2nc3cc(N[C@@H]4CCCN(S(C)(=O)=O)C4)ccc3c(=O)[nH]2)CC1. The number of sulfonamides is 1. The van der Waals surface area contributed by atoms with Crippen molar-refractivity contribution in [2.75, 3.05) is 37.8 Å². The van der Waals surface area contributed by atoms with Gasteiger partial charge in [0.2, 0.25) is 15.9 Å². The Labute approximate surface area is 205 Å². The van der Waals surface area contributed by atoms with Crippen molar-refractivity contribution in [2.24, 2.45) is 0 Å². The van der Waals surface area contributed by atoms with Crippen molar-refractivity contribution in [3.63, 3.8) is 0 Å². The average Bonchev–Trinajstić information content (AvgIpc) is 2.77.